The van der Waals surface area contributed by atoms with Crippen molar-refractivity contribution in [1.29, 1.82) is 0 Å². The van der Waals surface area contributed by atoms with E-state index in [4.69, 9.17) is 17.3 Å². The molecule has 0 amide bonds. The minimum absolute atomic E-state index is 0. The average Bonchev–Trinajstić information content (AvgIpc) is 4.51. The Balaban J connectivity index is 0.000000248. The Morgan fingerprint density at radius 1 is 0.518 bits per heavy atom. The minimum atomic E-state index is -4.77. The number of nitrogens with two attached hydrogens (primary N) is 1. The predicted molar refractivity (Wildman–Crippen MR) is 270 cm³/mol. The summed E-state index contributed by atoms with van der Waals surface area (Å²) in [7, 11) is 0. The van der Waals surface area contributed by atoms with Crippen molar-refractivity contribution in [3.8, 4) is 21.4 Å². The number of halogens is 17. The predicted octanol–water partition coefficient (Wildman–Crippen LogP) is 13.2. The molecule has 10 aromatic heterocycles. The standard InChI is InChI=1S/C17H9F6N7OS.C9H6F3N5.C8H4BrF3N2OS.C5H4F3N3.C4H3ClN2.CH3.V/c18-16(19,20)14-26-5-9(6-27-14)30(12-7-24-3-4-25-12)8-10-1-2-11(32-10)13-28-15(31-29-13)17(21,22)23;10-9(11,12)8-15-3-6(4-16-8)17-7-5-13-1-2-14-7;9-3-4-1-2-5(16-4)6-13-7(15-14-6)8(10,11)12;6-5(7,8)4-10-1-3(9)2-11-4;5-4-3-6-1-2-7-4;;/h1-7H,8H2;1-5H,(H,14,17);1-2H,3H2;1-2H,9H2;1-3H;1H3;/q;;;;;-1;. The van der Waals surface area contributed by atoms with Gasteiger partial charge in [-0.3, -0.25) is 15.0 Å². The second-order valence-electron chi connectivity index (χ2n) is 14.8. The van der Waals surface area contributed by atoms with E-state index < -0.39 is 60.1 Å². The molecule has 0 atom stereocenters. The molecule has 0 aliphatic carbocycles. The van der Waals surface area contributed by atoms with Crippen molar-refractivity contribution in [3.63, 3.8) is 0 Å². The first-order valence-electron chi connectivity index (χ1n) is 21.5. The van der Waals surface area contributed by atoms with Crippen molar-refractivity contribution in [2.45, 2.75) is 42.8 Å². The van der Waals surface area contributed by atoms with E-state index in [2.05, 4.69) is 110 Å². The van der Waals surface area contributed by atoms with Crippen molar-refractivity contribution < 1.29 is 93.5 Å². The summed E-state index contributed by atoms with van der Waals surface area (Å²) in [5.74, 6) is -6.02. The van der Waals surface area contributed by atoms with Crippen LogP contribution in [0.3, 0.4) is 0 Å². The summed E-state index contributed by atoms with van der Waals surface area (Å²) < 4.78 is 193. The Bertz CT molecular complexity index is 3560. The van der Waals surface area contributed by atoms with Crippen LogP contribution in [0, 0.1) is 7.43 Å². The largest absolute Gasteiger partial charge is 0.471 e. The van der Waals surface area contributed by atoms with Crippen molar-refractivity contribution in [3.05, 3.63) is 169 Å². The van der Waals surface area contributed by atoms with E-state index in [0.717, 1.165) is 53.4 Å². The van der Waals surface area contributed by atoms with Crippen LogP contribution in [0.4, 0.5) is 94.6 Å². The summed E-state index contributed by atoms with van der Waals surface area (Å²) in [6.45, 7) is 0.0854. The normalized spacial score (nSPS) is 11.3. The Morgan fingerprint density at radius 3 is 1.33 bits per heavy atom. The van der Waals surface area contributed by atoms with E-state index in [1.165, 1.54) is 65.7 Å². The molecule has 0 saturated heterocycles. The number of nitrogens with zero attached hydrogens (tertiary/aromatic N) is 17. The van der Waals surface area contributed by atoms with E-state index in [9.17, 15) is 65.9 Å². The number of hydrogen-bond acceptors (Lipinski definition) is 23. The van der Waals surface area contributed by atoms with Gasteiger partial charge in [-0.05, 0) is 24.3 Å². The van der Waals surface area contributed by atoms with Crippen LogP contribution in [0.5, 0.6) is 0 Å². The monoisotopic (exact) mass is 1370 g/mol. The molecule has 0 saturated carbocycles. The smallest absolute Gasteiger partial charge is 0.396 e. The molecule has 10 aromatic rings. The van der Waals surface area contributed by atoms with E-state index in [0.29, 0.717) is 42.4 Å². The maximum Gasteiger partial charge on any atom is 0.471 e. The molecule has 0 aromatic carbocycles. The molecule has 10 rings (SSSR count). The van der Waals surface area contributed by atoms with Crippen molar-refractivity contribution in [2.24, 2.45) is 0 Å². The molecule has 0 fully saturated rings. The zero-order valence-corrected chi connectivity index (χ0v) is 46.9. The zero-order chi connectivity index (χ0) is 60.6. The van der Waals surface area contributed by atoms with E-state index >= 15 is 0 Å². The van der Waals surface area contributed by atoms with Crippen LogP contribution in [-0.4, -0.2) is 80.1 Å². The number of alkyl halides is 16. The van der Waals surface area contributed by atoms with Gasteiger partial charge in [-0.15, -0.1) is 22.7 Å². The number of anilines is 5. The third kappa shape index (κ3) is 21.8. The van der Waals surface area contributed by atoms with Gasteiger partial charge < -0.3 is 32.4 Å². The summed E-state index contributed by atoms with van der Waals surface area (Å²) in [6, 6.07) is 6.56. The van der Waals surface area contributed by atoms with E-state index in [-0.39, 0.29) is 55.6 Å². The van der Waals surface area contributed by atoms with E-state index in [1.54, 1.807) is 30.6 Å². The second-order valence-corrected chi connectivity index (χ2v) is 18.1. The van der Waals surface area contributed by atoms with Gasteiger partial charge in [0.15, 0.2) is 5.82 Å². The van der Waals surface area contributed by atoms with Crippen molar-refractivity contribution in [1.82, 2.24) is 80.1 Å². The van der Waals surface area contributed by atoms with Crippen molar-refractivity contribution in [2.75, 3.05) is 16.0 Å². The Labute approximate surface area is 498 Å². The summed E-state index contributed by atoms with van der Waals surface area (Å²) in [5.41, 5.74) is 5.69. The number of aromatic nitrogens is 16. The molecule has 10 heterocycles. The molecule has 0 bridgehead atoms. The number of hydrogen-bond donors (Lipinski definition) is 2. The third-order valence-corrected chi connectivity index (χ3v) is 12.1. The van der Waals surface area contributed by atoms with Gasteiger partial charge in [0.1, 0.15) is 11.0 Å². The summed E-state index contributed by atoms with van der Waals surface area (Å²) in [4.78, 5) is 52.8. The maximum absolute atomic E-state index is 12.8. The van der Waals surface area contributed by atoms with Crippen LogP contribution in [0.15, 0.2) is 126 Å². The molecule has 0 aliphatic heterocycles. The molecule has 21 nitrogen and oxygen atoms in total. The van der Waals surface area contributed by atoms with Crippen LogP contribution < -0.4 is 16.0 Å². The van der Waals surface area contributed by atoms with Crippen LogP contribution in [0.1, 0.15) is 39.0 Å². The number of thiophene rings is 2. The molecule has 41 heteroatoms. The first kappa shape index (κ1) is 69.4. The van der Waals surface area contributed by atoms with Crippen LogP contribution in [0.25, 0.3) is 21.4 Å². The molecule has 1 radical (unpaired) electrons. The number of nitrogens with one attached hydrogen (secondary N) is 1. The molecule has 3 N–H and O–H groups in total. The summed E-state index contributed by atoms with van der Waals surface area (Å²) in [5, 5.41) is 10.4. The fraction of sp³-hybridized carbons (Fsp3) is 0.159. The zero-order valence-electron chi connectivity index (χ0n) is 41.6. The maximum atomic E-state index is 12.8. The number of rotatable bonds is 9. The molecular formula is C44H29BrClF15N19O2S2V-. The third-order valence-electron chi connectivity index (χ3n) is 8.77. The summed E-state index contributed by atoms with van der Waals surface area (Å²) >= 11 is 11.0. The van der Waals surface area contributed by atoms with Gasteiger partial charge in [-0.25, -0.2) is 44.9 Å². The second kappa shape index (κ2) is 30.6. The first-order chi connectivity index (χ1) is 39.1. The number of nitrogen functional groups attached to an aromatic ring is 1. The first-order valence-corrected chi connectivity index (χ1v) is 24.7. The topological polar surface area (TPSA) is 274 Å². The molecular weight excluding hydrogens is 1340 g/mol. The molecule has 85 heavy (non-hydrogen) atoms. The summed E-state index contributed by atoms with van der Waals surface area (Å²) in [6.07, 6.45) is -4.04. The van der Waals surface area contributed by atoms with Crippen molar-refractivity contribution >= 4 is 78.9 Å². The fourth-order valence-corrected chi connectivity index (χ4v) is 7.69. The molecule has 0 spiro atoms. The Hall–Kier alpha value is -8.14. The SMILES string of the molecule is Clc1cnccn1.FC(F)(F)c1nc(-c2ccc(CBr)s2)no1.FC(F)(F)c1ncc(N(Cc2ccc(-c3noc(C(F)(F)F)n3)s2)c2cnccn2)cn1.FC(F)(F)c1ncc(Nc2cnccn2)cn1.Nc1cnc(C(F)(F)F)nc1.[CH3-].[V]. The fourth-order valence-electron chi connectivity index (χ4n) is 5.34. The quantitative estimate of drug-likeness (QED) is 0.0772. The van der Waals surface area contributed by atoms with Crippen LogP contribution in [0.2, 0.25) is 5.15 Å². The van der Waals surface area contributed by atoms with Gasteiger partial charge in [0.05, 0.1) is 89.1 Å². The van der Waals surface area contributed by atoms with Crippen LogP contribution >= 0.6 is 50.2 Å². The van der Waals surface area contributed by atoms with E-state index in [1.807, 2.05) is 0 Å². The van der Waals surface area contributed by atoms with Gasteiger partial charge in [-0.2, -0.15) is 75.8 Å². The average molecular weight is 1370 g/mol. The van der Waals surface area contributed by atoms with Crippen LogP contribution in [-0.2, 0) is 61.3 Å². The van der Waals surface area contributed by atoms with Gasteiger partial charge in [0, 0.05) is 70.8 Å². The Kier molecular flexibility index (Phi) is 25.0. The van der Waals surface area contributed by atoms with Gasteiger partial charge in [-0.1, -0.05) is 37.8 Å². The Morgan fingerprint density at radius 2 is 0.953 bits per heavy atom. The molecule has 449 valence electrons. The van der Waals surface area contributed by atoms with Gasteiger partial charge >= 0.3 is 42.7 Å². The minimum Gasteiger partial charge on any atom is -0.396 e. The molecule has 0 aliphatic rings. The van der Waals surface area contributed by atoms with Gasteiger partial charge in [0.25, 0.3) is 0 Å². The van der Waals surface area contributed by atoms with Gasteiger partial charge in [0.2, 0.25) is 29.1 Å². The molecule has 0 unspecified atom stereocenters.